The van der Waals surface area contributed by atoms with Gasteiger partial charge in [0.1, 0.15) is 17.7 Å². The van der Waals surface area contributed by atoms with E-state index in [1.807, 2.05) is 5.38 Å². The Kier molecular flexibility index (Phi) is 1.19. The van der Waals surface area contributed by atoms with Crippen LogP contribution in [0.1, 0.15) is 0 Å². The van der Waals surface area contributed by atoms with Crippen LogP contribution in [0.4, 0.5) is 11.5 Å². The number of aromatic nitrogens is 2. The molecular weight excluding hydrogens is 160 g/mol. The molecule has 0 amide bonds. The summed E-state index contributed by atoms with van der Waals surface area (Å²) < 4.78 is 0.866. The van der Waals surface area contributed by atoms with E-state index in [4.69, 9.17) is 11.5 Å². The minimum atomic E-state index is 0.497. The topological polar surface area (TPSA) is 77.8 Å². The van der Waals surface area contributed by atoms with E-state index >= 15 is 0 Å². The van der Waals surface area contributed by atoms with E-state index in [0.29, 0.717) is 11.5 Å². The Labute approximate surface area is 66.9 Å². The summed E-state index contributed by atoms with van der Waals surface area (Å²) in [4.78, 5) is 7.84. The highest BCUT2D eigenvalue weighted by Crippen LogP contribution is 2.28. The SMILES string of the molecule is Nc1csc2c(N)ncnc12. The van der Waals surface area contributed by atoms with Crippen LogP contribution in [0, 0.1) is 0 Å². The Morgan fingerprint density at radius 2 is 2.09 bits per heavy atom. The molecule has 56 valence electrons. The van der Waals surface area contributed by atoms with Gasteiger partial charge in [-0.1, -0.05) is 0 Å². The first-order valence-electron chi connectivity index (χ1n) is 3.02. The van der Waals surface area contributed by atoms with Crippen molar-refractivity contribution in [2.45, 2.75) is 0 Å². The summed E-state index contributed by atoms with van der Waals surface area (Å²) in [5, 5.41) is 1.82. The lowest BCUT2D eigenvalue weighted by atomic mass is 10.4. The van der Waals surface area contributed by atoms with E-state index in [9.17, 15) is 0 Å². The summed E-state index contributed by atoms with van der Waals surface area (Å²) >= 11 is 1.47. The van der Waals surface area contributed by atoms with Gasteiger partial charge >= 0.3 is 0 Å². The van der Waals surface area contributed by atoms with Crippen molar-refractivity contribution in [3.63, 3.8) is 0 Å². The summed E-state index contributed by atoms with van der Waals surface area (Å²) in [6.07, 6.45) is 1.42. The second-order valence-corrected chi connectivity index (χ2v) is 3.01. The maximum atomic E-state index is 5.61. The summed E-state index contributed by atoms with van der Waals surface area (Å²) in [5.41, 5.74) is 12.6. The normalized spacial score (nSPS) is 10.5. The molecule has 0 aliphatic rings. The molecule has 0 unspecified atom stereocenters. The van der Waals surface area contributed by atoms with Crippen molar-refractivity contribution in [3.8, 4) is 0 Å². The van der Waals surface area contributed by atoms with Crippen LogP contribution in [0.25, 0.3) is 10.2 Å². The molecule has 0 atom stereocenters. The zero-order valence-electron chi connectivity index (χ0n) is 5.61. The summed E-state index contributed by atoms with van der Waals surface area (Å²) in [7, 11) is 0. The summed E-state index contributed by atoms with van der Waals surface area (Å²) in [6.45, 7) is 0. The second kappa shape index (κ2) is 2.06. The minimum absolute atomic E-state index is 0.497. The molecule has 2 heterocycles. The third-order valence-corrected chi connectivity index (χ3v) is 2.42. The highest BCUT2D eigenvalue weighted by Gasteiger charge is 2.04. The number of nitrogen functional groups attached to an aromatic ring is 2. The molecule has 2 aromatic heterocycles. The lowest BCUT2D eigenvalue weighted by Crippen LogP contribution is -1.91. The number of rotatable bonds is 0. The molecule has 5 heteroatoms. The molecule has 4 nitrogen and oxygen atoms in total. The van der Waals surface area contributed by atoms with Gasteiger partial charge in [0.05, 0.1) is 10.4 Å². The van der Waals surface area contributed by atoms with Crippen LogP contribution >= 0.6 is 11.3 Å². The number of thiophene rings is 1. The van der Waals surface area contributed by atoms with Crippen molar-refractivity contribution in [1.29, 1.82) is 0 Å². The van der Waals surface area contributed by atoms with Gasteiger partial charge in [-0.15, -0.1) is 11.3 Å². The third-order valence-electron chi connectivity index (χ3n) is 1.41. The zero-order chi connectivity index (χ0) is 7.84. The van der Waals surface area contributed by atoms with E-state index in [-0.39, 0.29) is 0 Å². The highest BCUT2D eigenvalue weighted by molar-refractivity contribution is 7.18. The maximum Gasteiger partial charge on any atom is 0.144 e. The van der Waals surface area contributed by atoms with E-state index in [2.05, 4.69) is 9.97 Å². The van der Waals surface area contributed by atoms with Crippen molar-refractivity contribution in [2.24, 2.45) is 0 Å². The number of nitrogens with zero attached hydrogens (tertiary/aromatic N) is 2. The standard InChI is InChI=1S/C6H6N4S/c7-3-1-11-5-4(3)9-2-10-6(5)8/h1-2H,7H2,(H2,8,9,10). The average Bonchev–Trinajstić information content (AvgIpc) is 2.35. The van der Waals surface area contributed by atoms with Gasteiger partial charge in [0, 0.05) is 5.38 Å². The minimum Gasteiger partial charge on any atom is -0.396 e. The van der Waals surface area contributed by atoms with Crippen LogP contribution in [0.5, 0.6) is 0 Å². The van der Waals surface area contributed by atoms with Gasteiger partial charge in [-0.05, 0) is 0 Å². The van der Waals surface area contributed by atoms with Crippen LogP contribution in [-0.4, -0.2) is 9.97 Å². The Bertz CT molecular complexity index is 394. The van der Waals surface area contributed by atoms with Crippen LogP contribution in [0.2, 0.25) is 0 Å². The zero-order valence-corrected chi connectivity index (χ0v) is 6.43. The average molecular weight is 166 g/mol. The lowest BCUT2D eigenvalue weighted by molar-refractivity contribution is 1.24. The molecule has 2 aromatic rings. The van der Waals surface area contributed by atoms with Crippen molar-refractivity contribution >= 4 is 33.1 Å². The molecule has 4 N–H and O–H groups in total. The van der Waals surface area contributed by atoms with Gasteiger partial charge in [0.25, 0.3) is 0 Å². The maximum absolute atomic E-state index is 5.61. The van der Waals surface area contributed by atoms with Crippen molar-refractivity contribution in [3.05, 3.63) is 11.7 Å². The fraction of sp³-hybridized carbons (Fsp3) is 0. The van der Waals surface area contributed by atoms with Crippen LogP contribution in [-0.2, 0) is 0 Å². The van der Waals surface area contributed by atoms with Gasteiger partial charge < -0.3 is 11.5 Å². The van der Waals surface area contributed by atoms with Crippen molar-refractivity contribution in [1.82, 2.24) is 9.97 Å². The highest BCUT2D eigenvalue weighted by atomic mass is 32.1. The first-order chi connectivity index (χ1) is 5.29. The number of fused-ring (bicyclic) bond motifs is 1. The largest absolute Gasteiger partial charge is 0.396 e. The van der Waals surface area contributed by atoms with Gasteiger partial charge in [-0.2, -0.15) is 0 Å². The third kappa shape index (κ3) is 0.813. The first-order valence-corrected chi connectivity index (χ1v) is 3.90. The number of hydrogen-bond donors (Lipinski definition) is 2. The molecular formula is C6H6N4S. The molecule has 0 aliphatic carbocycles. The number of hydrogen-bond acceptors (Lipinski definition) is 5. The van der Waals surface area contributed by atoms with E-state index in [1.54, 1.807) is 0 Å². The lowest BCUT2D eigenvalue weighted by Gasteiger charge is -1.92. The number of nitrogens with two attached hydrogens (primary N) is 2. The van der Waals surface area contributed by atoms with Crippen molar-refractivity contribution < 1.29 is 0 Å². The Balaban J connectivity index is 2.94. The van der Waals surface area contributed by atoms with Crippen LogP contribution < -0.4 is 11.5 Å². The number of anilines is 2. The molecule has 0 spiro atoms. The Morgan fingerprint density at radius 3 is 2.82 bits per heavy atom. The Hall–Kier alpha value is -1.36. The molecule has 0 radical (unpaired) electrons. The van der Waals surface area contributed by atoms with Crippen molar-refractivity contribution in [2.75, 3.05) is 11.5 Å². The summed E-state index contributed by atoms with van der Waals surface area (Å²) in [5.74, 6) is 0.497. The van der Waals surface area contributed by atoms with Gasteiger partial charge in [-0.25, -0.2) is 9.97 Å². The van der Waals surface area contributed by atoms with Gasteiger partial charge in [-0.3, -0.25) is 0 Å². The molecule has 11 heavy (non-hydrogen) atoms. The quantitative estimate of drug-likeness (QED) is 0.608. The fourth-order valence-electron chi connectivity index (χ4n) is 0.887. The van der Waals surface area contributed by atoms with E-state index < -0.39 is 0 Å². The van der Waals surface area contributed by atoms with E-state index in [0.717, 1.165) is 10.2 Å². The smallest absolute Gasteiger partial charge is 0.144 e. The van der Waals surface area contributed by atoms with Gasteiger partial charge in [0.2, 0.25) is 0 Å². The molecule has 0 saturated heterocycles. The molecule has 0 bridgehead atoms. The molecule has 2 rings (SSSR count). The summed E-state index contributed by atoms with van der Waals surface area (Å²) in [6, 6.07) is 0. The van der Waals surface area contributed by atoms with E-state index in [1.165, 1.54) is 17.7 Å². The van der Waals surface area contributed by atoms with Crippen LogP contribution in [0.15, 0.2) is 11.7 Å². The fourth-order valence-corrected chi connectivity index (χ4v) is 1.70. The molecule has 0 saturated carbocycles. The molecule has 0 aliphatic heterocycles. The second-order valence-electron chi connectivity index (χ2n) is 2.13. The van der Waals surface area contributed by atoms with Crippen LogP contribution in [0.3, 0.4) is 0 Å². The monoisotopic (exact) mass is 166 g/mol. The molecule has 0 fully saturated rings. The Morgan fingerprint density at radius 1 is 1.27 bits per heavy atom. The van der Waals surface area contributed by atoms with Gasteiger partial charge in [0.15, 0.2) is 0 Å². The first kappa shape index (κ1) is 6.36. The predicted molar refractivity (Wildman–Crippen MR) is 46.2 cm³/mol. The predicted octanol–water partition coefficient (Wildman–Crippen LogP) is 0.856. The molecule has 0 aromatic carbocycles.